The van der Waals surface area contributed by atoms with Crippen molar-refractivity contribution in [3.8, 4) is 0 Å². The molecule has 0 spiro atoms. The number of ether oxygens (including phenoxy) is 2. The Kier molecular flexibility index (Phi) is 8.43. The summed E-state index contributed by atoms with van der Waals surface area (Å²) in [6, 6.07) is 4.88. The Bertz CT molecular complexity index is 855. The Hall–Kier alpha value is -1.06. The van der Waals surface area contributed by atoms with Gasteiger partial charge in [0.15, 0.2) is 0 Å². The molecule has 1 fully saturated rings. The first kappa shape index (κ1) is 25.2. The number of sulfonamides is 1. The SMILES string of the molecule is CC(C)NS(=O)(=O)C[C@H]1OCCN(C(=O)OC(C)(C)C)C[C@H]1c1ccc(Cl)c(Cl)c1. The zero-order valence-electron chi connectivity index (χ0n) is 17.9. The van der Waals surface area contributed by atoms with E-state index in [9.17, 15) is 13.2 Å². The van der Waals surface area contributed by atoms with Crippen molar-refractivity contribution in [3.63, 3.8) is 0 Å². The van der Waals surface area contributed by atoms with Crippen LogP contribution in [0.4, 0.5) is 4.79 Å². The summed E-state index contributed by atoms with van der Waals surface area (Å²) in [5.41, 5.74) is 0.0948. The van der Waals surface area contributed by atoms with Crippen molar-refractivity contribution in [3.05, 3.63) is 33.8 Å². The average Bonchev–Trinajstić information content (AvgIpc) is 2.77. The number of carbonyl (C=O) groups excluding carboxylic acids is 1. The van der Waals surface area contributed by atoms with Gasteiger partial charge < -0.3 is 14.4 Å². The zero-order valence-corrected chi connectivity index (χ0v) is 20.3. The molecule has 1 N–H and O–H groups in total. The van der Waals surface area contributed by atoms with Gasteiger partial charge in [-0.15, -0.1) is 0 Å². The number of hydrogen-bond acceptors (Lipinski definition) is 5. The zero-order chi connectivity index (χ0) is 22.7. The van der Waals surface area contributed by atoms with Crippen molar-refractivity contribution in [1.82, 2.24) is 9.62 Å². The Labute approximate surface area is 189 Å². The van der Waals surface area contributed by atoms with E-state index in [1.807, 2.05) is 0 Å². The van der Waals surface area contributed by atoms with E-state index in [1.165, 1.54) is 0 Å². The van der Waals surface area contributed by atoms with Gasteiger partial charge in [-0.3, -0.25) is 0 Å². The van der Waals surface area contributed by atoms with Gasteiger partial charge in [0.1, 0.15) is 5.60 Å². The standard InChI is InChI=1S/C20H30Cl2N2O5S/c1-13(2)23-30(26,27)12-18-15(14-6-7-16(21)17(22)10-14)11-24(8-9-28-18)19(25)29-20(3,4)5/h6-7,10,13,15,18,23H,8-9,11-12H2,1-5H3/t15-,18+/m0/s1. The van der Waals surface area contributed by atoms with Gasteiger partial charge in [0.05, 0.1) is 28.5 Å². The molecule has 1 aromatic carbocycles. The van der Waals surface area contributed by atoms with Crippen LogP contribution >= 0.6 is 23.2 Å². The average molecular weight is 481 g/mol. The van der Waals surface area contributed by atoms with Crippen LogP contribution in [0.1, 0.15) is 46.1 Å². The van der Waals surface area contributed by atoms with Crippen LogP contribution in [0, 0.1) is 0 Å². The number of hydrogen-bond donors (Lipinski definition) is 1. The van der Waals surface area contributed by atoms with Gasteiger partial charge in [-0.2, -0.15) is 0 Å². The number of nitrogens with one attached hydrogen (secondary N) is 1. The molecule has 1 amide bonds. The summed E-state index contributed by atoms with van der Waals surface area (Å²) in [5.74, 6) is -0.670. The lowest BCUT2D eigenvalue weighted by molar-refractivity contribution is 0.0235. The predicted octanol–water partition coefficient (Wildman–Crippen LogP) is 4.04. The Morgan fingerprint density at radius 2 is 1.97 bits per heavy atom. The summed E-state index contributed by atoms with van der Waals surface area (Å²) < 4.78 is 39.2. The normalized spacial score (nSPS) is 20.9. The van der Waals surface area contributed by atoms with Crippen molar-refractivity contribution in [2.45, 2.75) is 58.3 Å². The Morgan fingerprint density at radius 3 is 2.53 bits per heavy atom. The lowest BCUT2D eigenvalue weighted by atomic mass is 9.93. The largest absolute Gasteiger partial charge is 0.444 e. The molecule has 7 nitrogen and oxygen atoms in total. The van der Waals surface area contributed by atoms with E-state index in [2.05, 4.69) is 4.72 Å². The molecule has 1 saturated heterocycles. The second-order valence-corrected chi connectivity index (χ2v) is 11.3. The van der Waals surface area contributed by atoms with Crippen LogP contribution in [-0.4, -0.2) is 62.6 Å². The lowest BCUT2D eigenvalue weighted by Crippen LogP contribution is -2.42. The molecule has 0 radical (unpaired) electrons. The van der Waals surface area contributed by atoms with E-state index in [4.69, 9.17) is 32.7 Å². The minimum Gasteiger partial charge on any atom is -0.444 e. The molecule has 0 unspecified atom stereocenters. The molecule has 0 aliphatic carbocycles. The molecule has 2 atom stereocenters. The summed E-state index contributed by atoms with van der Waals surface area (Å²) in [7, 11) is -3.59. The summed E-state index contributed by atoms with van der Waals surface area (Å²) in [4.78, 5) is 14.2. The van der Waals surface area contributed by atoms with Crippen LogP contribution in [-0.2, 0) is 19.5 Å². The number of amides is 1. The van der Waals surface area contributed by atoms with Gasteiger partial charge in [-0.25, -0.2) is 17.9 Å². The number of benzene rings is 1. The molecule has 2 rings (SSSR count). The second-order valence-electron chi connectivity index (χ2n) is 8.67. The third-order valence-corrected chi connectivity index (χ3v) is 6.72. The molecule has 170 valence electrons. The van der Waals surface area contributed by atoms with E-state index >= 15 is 0 Å². The highest BCUT2D eigenvalue weighted by Crippen LogP contribution is 2.32. The molecule has 0 saturated carbocycles. The first-order valence-electron chi connectivity index (χ1n) is 9.82. The van der Waals surface area contributed by atoms with Gasteiger partial charge in [0.25, 0.3) is 0 Å². The highest BCUT2D eigenvalue weighted by molar-refractivity contribution is 7.89. The fourth-order valence-electron chi connectivity index (χ4n) is 3.22. The molecule has 0 bridgehead atoms. The number of rotatable bonds is 5. The lowest BCUT2D eigenvalue weighted by Gasteiger charge is -2.30. The number of halogens is 2. The molecule has 10 heteroatoms. The van der Waals surface area contributed by atoms with Gasteiger partial charge in [0, 0.05) is 25.0 Å². The van der Waals surface area contributed by atoms with Gasteiger partial charge in [-0.1, -0.05) is 29.3 Å². The van der Waals surface area contributed by atoms with Crippen LogP contribution in [0.15, 0.2) is 18.2 Å². The Balaban J connectivity index is 2.35. The van der Waals surface area contributed by atoms with Crippen LogP contribution in [0.25, 0.3) is 0 Å². The minimum atomic E-state index is -3.59. The predicted molar refractivity (Wildman–Crippen MR) is 119 cm³/mol. The van der Waals surface area contributed by atoms with E-state index < -0.39 is 33.7 Å². The van der Waals surface area contributed by atoms with E-state index in [0.717, 1.165) is 5.56 Å². The first-order valence-corrected chi connectivity index (χ1v) is 12.2. The molecule has 30 heavy (non-hydrogen) atoms. The number of nitrogens with zero attached hydrogens (tertiary/aromatic N) is 1. The van der Waals surface area contributed by atoms with E-state index in [0.29, 0.717) is 16.6 Å². The van der Waals surface area contributed by atoms with Crippen LogP contribution < -0.4 is 4.72 Å². The molecule has 1 aliphatic heterocycles. The molecule has 1 aliphatic rings. The van der Waals surface area contributed by atoms with Crippen molar-refractivity contribution in [1.29, 1.82) is 0 Å². The maximum atomic E-state index is 12.7. The maximum absolute atomic E-state index is 12.7. The van der Waals surface area contributed by atoms with Crippen LogP contribution in [0.2, 0.25) is 10.0 Å². The third kappa shape index (κ3) is 7.57. The molecule has 1 heterocycles. The van der Waals surface area contributed by atoms with Gasteiger partial charge >= 0.3 is 6.09 Å². The van der Waals surface area contributed by atoms with Crippen molar-refractivity contribution in [2.24, 2.45) is 0 Å². The molecule has 0 aromatic heterocycles. The van der Waals surface area contributed by atoms with Gasteiger partial charge in [0.2, 0.25) is 10.0 Å². The van der Waals surface area contributed by atoms with E-state index in [-0.39, 0.29) is 24.9 Å². The van der Waals surface area contributed by atoms with Crippen molar-refractivity contribution >= 4 is 39.3 Å². The summed E-state index contributed by atoms with van der Waals surface area (Å²) in [5, 5.41) is 0.744. The third-order valence-electron chi connectivity index (χ3n) is 4.38. The van der Waals surface area contributed by atoms with Crippen LogP contribution in [0.5, 0.6) is 0 Å². The second kappa shape index (κ2) is 10.0. The minimum absolute atomic E-state index is 0.193. The first-order chi connectivity index (χ1) is 13.8. The van der Waals surface area contributed by atoms with Gasteiger partial charge in [-0.05, 0) is 52.3 Å². The monoisotopic (exact) mass is 480 g/mol. The molecule has 1 aromatic rings. The number of carbonyl (C=O) groups is 1. The quantitative estimate of drug-likeness (QED) is 0.686. The van der Waals surface area contributed by atoms with Crippen LogP contribution in [0.3, 0.4) is 0 Å². The summed E-state index contributed by atoms with van der Waals surface area (Å²) >= 11 is 12.3. The highest BCUT2D eigenvalue weighted by atomic mass is 35.5. The van der Waals surface area contributed by atoms with Crippen molar-refractivity contribution < 1.29 is 22.7 Å². The molecular weight excluding hydrogens is 451 g/mol. The summed E-state index contributed by atoms with van der Waals surface area (Å²) in [6.45, 7) is 9.61. The fraction of sp³-hybridized carbons (Fsp3) is 0.650. The van der Waals surface area contributed by atoms with Crippen molar-refractivity contribution in [2.75, 3.05) is 25.4 Å². The fourth-order valence-corrected chi connectivity index (χ4v) is 5.10. The maximum Gasteiger partial charge on any atom is 0.410 e. The highest BCUT2D eigenvalue weighted by Gasteiger charge is 2.36. The summed E-state index contributed by atoms with van der Waals surface area (Å²) in [6.07, 6.45) is -1.15. The molecular formula is C20H30Cl2N2O5S. The smallest absolute Gasteiger partial charge is 0.410 e. The Morgan fingerprint density at radius 1 is 1.30 bits per heavy atom. The van der Waals surface area contributed by atoms with E-state index in [1.54, 1.807) is 57.7 Å². The topological polar surface area (TPSA) is 84.9 Å².